The molecular formula is C20H24N2O4S. The second-order valence-corrected chi connectivity index (χ2v) is 8.30. The van der Waals surface area contributed by atoms with Gasteiger partial charge in [0.15, 0.2) is 6.10 Å². The van der Waals surface area contributed by atoms with Crippen molar-refractivity contribution in [1.29, 1.82) is 0 Å². The molecule has 1 unspecified atom stereocenters. The third-order valence-corrected chi connectivity index (χ3v) is 5.91. The van der Waals surface area contributed by atoms with E-state index in [0.29, 0.717) is 30.8 Å². The summed E-state index contributed by atoms with van der Waals surface area (Å²) in [5.74, 6) is 0.265. The molecule has 1 amide bonds. The Hall–Kier alpha value is -2.38. The van der Waals surface area contributed by atoms with Crippen LogP contribution >= 0.6 is 0 Å². The number of fused-ring (bicyclic) bond motifs is 1. The molecule has 3 rings (SSSR count). The van der Waals surface area contributed by atoms with E-state index < -0.39 is 16.1 Å². The van der Waals surface area contributed by atoms with Crippen LogP contribution in [0.15, 0.2) is 53.4 Å². The second kappa shape index (κ2) is 8.54. The third kappa shape index (κ3) is 4.87. The number of amides is 1. The SMILES string of the molecule is CCCCC1Oc2ccc(S(=O)(=O)NCCc3ccccc3)cc2NC1=O. The zero-order chi connectivity index (χ0) is 19.3. The third-order valence-electron chi connectivity index (χ3n) is 4.45. The lowest BCUT2D eigenvalue weighted by Gasteiger charge is -2.26. The lowest BCUT2D eigenvalue weighted by molar-refractivity contribution is -0.123. The van der Waals surface area contributed by atoms with E-state index in [-0.39, 0.29) is 10.8 Å². The van der Waals surface area contributed by atoms with Crippen molar-refractivity contribution in [2.45, 2.75) is 43.6 Å². The minimum Gasteiger partial charge on any atom is -0.478 e. The number of unbranched alkanes of at least 4 members (excludes halogenated alkanes) is 1. The Labute approximate surface area is 160 Å². The van der Waals surface area contributed by atoms with Gasteiger partial charge in [0.2, 0.25) is 10.0 Å². The molecule has 0 spiro atoms. The summed E-state index contributed by atoms with van der Waals surface area (Å²) in [4.78, 5) is 12.3. The summed E-state index contributed by atoms with van der Waals surface area (Å²) >= 11 is 0. The van der Waals surface area contributed by atoms with Gasteiger partial charge in [-0.2, -0.15) is 0 Å². The van der Waals surface area contributed by atoms with Crippen LogP contribution in [-0.2, 0) is 21.2 Å². The predicted molar refractivity (Wildman–Crippen MR) is 104 cm³/mol. The highest BCUT2D eigenvalue weighted by Gasteiger charge is 2.28. The first kappa shape index (κ1) is 19.4. The first-order valence-corrected chi connectivity index (χ1v) is 10.6. The minimum atomic E-state index is -3.67. The normalized spacial score (nSPS) is 16.3. The predicted octanol–water partition coefficient (Wildman–Crippen LogP) is 3.10. The number of anilines is 1. The zero-order valence-electron chi connectivity index (χ0n) is 15.3. The monoisotopic (exact) mass is 388 g/mol. The Morgan fingerprint density at radius 2 is 1.93 bits per heavy atom. The fraction of sp³-hybridized carbons (Fsp3) is 0.350. The molecule has 0 bridgehead atoms. The largest absolute Gasteiger partial charge is 0.478 e. The maximum atomic E-state index is 12.5. The van der Waals surface area contributed by atoms with Crippen LogP contribution in [0.4, 0.5) is 5.69 Å². The summed E-state index contributed by atoms with van der Waals surface area (Å²) in [6.07, 6.45) is 2.59. The van der Waals surface area contributed by atoms with Crippen molar-refractivity contribution < 1.29 is 17.9 Å². The van der Waals surface area contributed by atoms with Crippen LogP contribution in [0.3, 0.4) is 0 Å². The molecule has 6 nitrogen and oxygen atoms in total. The first-order chi connectivity index (χ1) is 13.0. The lowest BCUT2D eigenvalue weighted by Crippen LogP contribution is -2.37. The van der Waals surface area contributed by atoms with Crippen molar-refractivity contribution in [2.75, 3.05) is 11.9 Å². The number of nitrogens with one attached hydrogen (secondary N) is 2. The summed E-state index contributed by atoms with van der Waals surface area (Å²) in [6.45, 7) is 2.35. The molecule has 2 aromatic carbocycles. The number of benzene rings is 2. The van der Waals surface area contributed by atoms with Crippen LogP contribution < -0.4 is 14.8 Å². The standard InChI is InChI=1S/C20H24N2O4S/c1-2-3-9-19-20(23)22-17-14-16(10-11-18(17)26-19)27(24,25)21-13-12-15-7-5-4-6-8-15/h4-8,10-11,14,19,21H,2-3,9,12-13H2,1H3,(H,22,23). The molecule has 0 aromatic heterocycles. The zero-order valence-corrected chi connectivity index (χ0v) is 16.1. The lowest BCUT2D eigenvalue weighted by atomic mass is 10.1. The Balaban J connectivity index is 1.67. The molecule has 0 fully saturated rings. The number of hydrogen-bond donors (Lipinski definition) is 2. The summed E-state index contributed by atoms with van der Waals surface area (Å²) in [5, 5.41) is 2.76. The quantitative estimate of drug-likeness (QED) is 0.728. The van der Waals surface area contributed by atoms with Gasteiger partial charge >= 0.3 is 0 Å². The van der Waals surface area contributed by atoms with E-state index >= 15 is 0 Å². The number of ether oxygens (including phenoxy) is 1. The molecule has 7 heteroatoms. The Bertz CT molecular complexity index is 897. The first-order valence-electron chi connectivity index (χ1n) is 9.15. The van der Waals surface area contributed by atoms with Gasteiger partial charge in [0.25, 0.3) is 5.91 Å². The maximum absolute atomic E-state index is 12.5. The highest BCUT2D eigenvalue weighted by atomic mass is 32.2. The fourth-order valence-electron chi connectivity index (χ4n) is 2.93. The molecular weight excluding hydrogens is 364 g/mol. The van der Waals surface area contributed by atoms with Crippen molar-refractivity contribution >= 4 is 21.6 Å². The van der Waals surface area contributed by atoms with Gasteiger partial charge in [0, 0.05) is 6.54 Å². The summed E-state index contributed by atoms with van der Waals surface area (Å²) in [5.41, 5.74) is 1.45. The van der Waals surface area contributed by atoms with Gasteiger partial charge in [-0.15, -0.1) is 0 Å². The molecule has 1 atom stereocenters. The number of hydrogen-bond acceptors (Lipinski definition) is 4. The maximum Gasteiger partial charge on any atom is 0.265 e. The van der Waals surface area contributed by atoms with Crippen LogP contribution in [-0.4, -0.2) is 27.0 Å². The molecule has 0 radical (unpaired) electrons. The van der Waals surface area contributed by atoms with Crippen LogP contribution in [0, 0.1) is 0 Å². The Morgan fingerprint density at radius 3 is 2.67 bits per heavy atom. The van der Waals surface area contributed by atoms with Crippen molar-refractivity contribution in [3.63, 3.8) is 0 Å². The summed E-state index contributed by atoms with van der Waals surface area (Å²) < 4.78 is 33.4. The molecule has 0 aliphatic carbocycles. The average molecular weight is 388 g/mol. The molecule has 2 N–H and O–H groups in total. The van der Waals surface area contributed by atoms with Crippen molar-refractivity contribution in [2.24, 2.45) is 0 Å². The van der Waals surface area contributed by atoms with Crippen molar-refractivity contribution in [3.8, 4) is 5.75 Å². The van der Waals surface area contributed by atoms with E-state index in [0.717, 1.165) is 18.4 Å². The highest BCUT2D eigenvalue weighted by molar-refractivity contribution is 7.89. The van der Waals surface area contributed by atoms with Crippen molar-refractivity contribution in [3.05, 3.63) is 54.1 Å². The number of carbonyl (C=O) groups is 1. The van der Waals surface area contributed by atoms with Gasteiger partial charge in [-0.1, -0.05) is 43.7 Å². The number of sulfonamides is 1. The summed E-state index contributed by atoms with van der Waals surface area (Å²) in [7, 11) is -3.67. The van der Waals surface area contributed by atoms with Crippen LogP contribution in [0.5, 0.6) is 5.75 Å². The van der Waals surface area contributed by atoms with Gasteiger partial charge in [-0.05, 0) is 43.0 Å². The highest BCUT2D eigenvalue weighted by Crippen LogP contribution is 2.32. The number of carbonyl (C=O) groups excluding carboxylic acids is 1. The van der Waals surface area contributed by atoms with Gasteiger partial charge < -0.3 is 10.1 Å². The average Bonchev–Trinajstić information content (AvgIpc) is 2.66. The van der Waals surface area contributed by atoms with Gasteiger partial charge in [0.1, 0.15) is 5.75 Å². The minimum absolute atomic E-state index is 0.102. The van der Waals surface area contributed by atoms with E-state index in [1.807, 2.05) is 30.3 Å². The van der Waals surface area contributed by atoms with Gasteiger partial charge in [-0.3, -0.25) is 4.79 Å². The molecule has 0 saturated carbocycles. The molecule has 1 aliphatic heterocycles. The van der Waals surface area contributed by atoms with Gasteiger partial charge in [0.05, 0.1) is 10.6 Å². The molecule has 27 heavy (non-hydrogen) atoms. The van der Waals surface area contributed by atoms with Gasteiger partial charge in [-0.25, -0.2) is 13.1 Å². The van der Waals surface area contributed by atoms with E-state index in [2.05, 4.69) is 17.0 Å². The van der Waals surface area contributed by atoms with Crippen LogP contribution in [0.2, 0.25) is 0 Å². The van der Waals surface area contributed by atoms with E-state index in [9.17, 15) is 13.2 Å². The summed E-state index contributed by atoms with van der Waals surface area (Å²) in [6, 6.07) is 14.2. The molecule has 2 aromatic rings. The Morgan fingerprint density at radius 1 is 1.15 bits per heavy atom. The fourth-order valence-corrected chi connectivity index (χ4v) is 3.99. The molecule has 0 saturated heterocycles. The van der Waals surface area contributed by atoms with E-state index in [1.165, 1.54) is 12.1 Å². The molecule has 144 valence electrons. The van der Waals surface area contributed by atoms with E-state index in [4.69, 9.17) is 4.74 Å². The smallest absolute Gasteiger partial charge is 0.265 e. The second-order valence-electron chi connectivity index (χ2n) is 6.53. The number of rotatable bonds is 8. The van der Waals surface area contributed by atoms with Crippen LogP contribution in [0.1, 0.15) is 31.7 Å². The molecule has 1 heterocycles. The van der Waals surface area contributed by atoms with Crippen molar-refractivity contribution in [1.82, 2.24) is 4.72 Å². The van der Waals surface area contributed by atoms with Crippen LogP contribution in [0.25, 0.3) is 0 Å². The topological polar surface area (TPSA) is 84.5 Å². The Kier molecular flexibility index (Phi) is 6.13. The molecule has 1 aliphatic rings. The van der Waals surface area contributed by atoms with E-state index in [1.54, 1.807) is 6.07 Å².